The van der Waals surface area contributed by atoms with E-state index < -0.39 is 0 Å². The SMILES string of the molecule is CCc1ccc(NC(=O)CSc2ccccc2NC(C)=O)cc1. The van der Waals surface area contributed by atoms with Gasteiger partial charge in [-0.15, -0.1) is 11.8 Å². The summed E-state index contributed by atoms with van der Waals surface area (Å²) in [6, 6.07) is 15.3. The summed E-state index contributed by atoms with van der Waals surface area (Å²) in [5, 5.41) is 5.64. The molecule has 2 aromatic rings. The minimum absolute atomic E-state index is 0.0723. The monoisotopic (exact) mass is 328 g/mol. The third-order valence-electron chi connectivity index (χ3n) is 3.20. The largest absolute Gasteiger partial charge is 0.325 e. The number of carbonyl (C=O) groups excluding carboxylic acids is 2. The predicted octanol–water partition coefficient (Wildman–Crippen LogP) is 3.94. The summed E-state index contributed by atoms with van der Waals surface area (Å²) in [6.07, 6.45) is 0.976. The normalized spacial score (nSPS) is 10.2. The second-order valence-corrected chi connectivity index (χ2v) is 6.08. The molecule has 0 fully saturated rings. The maximum Gasteiger partial charge on any atom is 0.234 e. The first-order valence-electron chi connectivity index (χ1n) is 7.46. The van der Waals surface area contributed by atoms with Crippen LogP contribution in [0.5, 0.6) is 0 Å². The number of nitrogens with one attached hydrogen (secondary N) is 2. The molecule has 2 aromatic carbocycles. The molecule has 4 nitrogen and oxygen atoms in total. The van der Waals surface area contributed by atoms with E-state index in [1.165, 1.54) is 24.2 Å². The van der Waals surface area contributed by atoms with Crippen LogP contribution in [-0.4, -0.2) is 17.6 Å². The van der Waals surface area contributed by atoms with Crippen LogP contribution in [0.25, 0.3) is 0 Å². The molecule has 0 aliphatic rings. The van der Waals surface area contributed by atoms with Gasteiger partial charge in [-0.3, -0.25) is 9.59 Å². The first-order chi connectivity index (χ1) is 11.1. The number of anilines is 2. The third kappa shape index (κ3) is 5.45. The molecule has 0 aliphatic carbocycles. The number of para-hydroxylation sites is 1. The van der Waals surface area contributed by atoms with E-state index in [4.69, 9.17) is 0 Å². The smallest absolute Gasteiger partial charge is 0.234 e. The third-order valence-corrected chi connectivity index (χ3v) is 4.28. The molecule has 0 aromatic heterocycles. The van der Waals surface area contributed by atoms with Gasteiger partial charge in [0.25, 0.3) is 0 Å². The lowest BCUT2D eigenvalue weighted by molar-refractivity contribution is -0.114. The average Bonchev–Trinajstić information content (AvgIpc) is 2.54. The molecule has 0 atom stereocenters. The van der Waals surface area contributed by atoms with Crippen LogP contribution >= 0.6 is 11.8 Å². The van der Waals surface area contributed by atoms with Gasteiger partial charge < -0.3 is 10.6 Å². The van der Waals surface area contributed by atoms with Gasteiger partial charge in [-0.25, -0.2) is 0 Å². The van der Waals surface area contributed by atoms with Gasteiger partial charge in [0.1, 0.15) is 0 Å². The minimum Gasteiger partial charge on any atom is -0.325 e. The molecule has 0 aliphatic heterocycles. The van der Waals surface area contributed by atoms with E-state index >= 15 is 0 Å². The van der Waals surface area contributed by atoms with Crippen LogP contribution in [0.2, 0.25) is 0 Å². The highest BCUT2D eigenvalue weighted by Gasteiger charge is 2.08. The van der Waals surface area contributed by atoms with Crippen LogP contribution in [0.3, 0.4) is 0 Å². The topological polar surface area (TPSA) is 58.2 Å². The van der Waals surface area contributed by atoms with Crippen molar-refractivity contribution in [2.24, 2.45) is 0 Å². The lowest BCUT2D eigenvalue weighted by Gasteiger charge is -2.10. The predicted molar refractivity (Wildman–Crippen MR) is 95.9 cm³/mol. The van der Waals surface area contributed by atoms with Crippen molar-refractivity contribution in [2.75, 3.05) is 16.4 Å². The van der Waals surface area contributed by atoms with Crippen molar-refractivity contribution < 1.29 is 9.59 Å². The summed E-state index contributed by atoms with van der Waals surface area (Å²) >= 11 is 1.40. The molecule has 0 heterocycles. The summed E-state index contributed by atoms with van der Waals surface area (Å²) in [5.41, 5.74) is 2.76. The number of benzene rings is 2. The zero-order valence-electron chi connectivity index (χ0n) is 13.3. The van der Waals surface area contributed by atoms with Gasteiger partial charge in [-0.05, 0) is 36.2 Å². The van der Waals surface area contributed by atoms with E-state index in [0.717, 1.165) is 22.7 Å². The van der Waals surface area contributed by atoms with Gasteiger partial charge >= 0.3 is 0 Å². The maximum atomic E-state index is 12.1. The number of hydrogen-bond donors (Lipinski definition) is 2. The van der Waals surface area contributed by atoms with Crippen molar-refractivity contribution in [2.45, 2.75) is 25.2 Å². The van der Waals surface area contributed by atoms with Crippen LogP contribution in [0.4, 0.5) is 11.4 Å². The zero-order valence-corrected chi connectivity index (χ0v) is 14.1. The number of aryl methyl sites for hydroxylation is 1. The molecule has 0 saturated heterocycles. The lowest BCUT2D eigenvalue weighted by Crippen LogP contribution is -2.14. The molecule has 23 heavy (non-hydrogen) atoms. The van der Waals surface area contributed by atoms with E-state index in [1.807, 2.05) is 48.5 Å². The molecular weight excluding hydrogens is 308 g/mol. The van der Waals surface area contributed by atoms with Crippen LogP contribution in [0.15, 0.2) is 53.4 Å². The second kappa shape index (κ2) is 8.39. The Bertz CT molecular complexity index is 684. The number of thioether (sulfide) groups is 1. The fraction of sp³-hybridized carbons (Fsp3) is 0.222. The Morgan fingerprint density at radius 3 is 2.35 bits per heavy atom. The van der Waals surface area contributed by atoms with Crippen LogP contribution in [0, 0.1) is 0 Å². The molecule has 5 heteroatoms. The highest BCUT2D eigenvalue weighted by atomic mass is 32.2. The van der Waals surface area contributed by atoms with Gasteiger partial charge in [0, 0.05) is 17.5 Å². The van der Waals surface area contributed by atoms with Crippen LogP contribution in [0.1, 0.15) is 19.4 Å². The van der Waals surface area contributed by atoms with Gasteiger partial charge in [0.05, 0.1) is 11.4 Å². The van der Waals surface area contributed by atoms with Crippen molar-refractivity contribution >= 4 is 35.0 Å². The Kier molecular flexibility index (Phi) is 6.23. The maximum absolute atomic E-state index is 12.1. The molecule has 0 unspecified atom stereocenters. The molecule has 0 radical (unpaired) electrons. The standard InChI is InChI=1S/C18H20N2O2S/c1-3-14-8-10-15(11-9-14)20-18(22)12-23-17-7-5-4-6-16(17)19-13(2)21/h4-11H,3,12H2,1-2H3,(H,19,21)(H,20,22). The van der Waals surface area contributed by atoms with E-state index in [0.29, 0.717) is 0 Å². The Balaban J connectivity index is 1.92. The highest BCUT2D eigenvalue weighted by Crippen LogP contribution is 2.27. The minimum atomic E-state index is -0.126. The first kappa shape index (κ1) is 17.1. The Morgan fingerprint density at radius 1 is 1.00 bits per heavy atom. The molecule has 2 rings (SSSR count). The Morgan fingerprint density at radius 2 is 1.70 bits per heavy atom. The second-order valence-electron chi connectivity index (χ2n) is 5.06. The highest BCUT2D eigenvalue weighted by molar-refractivity contribution is 8.00. The zero-order chi connectivity index (χ0) is 16.7. The fourth-order valence-corrected chi connectivity index (χ4v) is 2.86. The Hall–Kier alpha value is -2.27. The number of carbonyl (C=O) groups is 2. The summed E-state index contributed by atoms with van der Waals surface area (Å²) < 4.78 is 0. The summed E-state index contributed by atoms with van der Waals surface area (Å²) in [7, 11) is 0. The van der Waals surface area contributed by atoms with Gasteiger partial charge in [0.2, 0.25) is 11.8 Å². The fourth-order valence-electron chi connectivity index (χ4n) is 2.05. The average molecular weight is 328 g/mol. The number of amides is 2. The molecular formula is C18H20N2O2S. The number of rotatable bonds is 6. The van der Waals surface area contributed by atoms with E-state index in [9.17, 15) is 9.59 Å². The molecule has 0 spiro atoms. The lowest BCUT2D eigenvalue weighted by atomic mass is 10.1. The summed E-state index contributed by atoms with van der Waals surface area (Å²) in [5.74, 6) is 0.0851. The van der Waals surface area contributed by atoms with Crippen molar-refractivity contribution in [3.05, 3.63) is 54.1 Å². The summed E-state index contributed by atoms with van der Waals surface area (Å²) in [6.45, 7) is 3.56. The first-order valence-corrected chi connectivity index (χ1v) is 8.45. The number of hydrogen-bond acceptors (Lipinski definition) is 3. The van der Waals surface area contributed by atoms with Gasteiger partial charge in [-0.2, -0.15) is 0 Å². The van der Waals surface area contributed by atoms with Crippen molar-refractivity contribution in [3.8, 4) is 0 Å². The van der Waals surface area contributed by atoms with Gasteiger partial charge in [0.15, 0.2) is 0 Å². The van der Waals surface area contributed by atoms with Crippen LogP contribution < -0.4 is 10.6 Å². The summed E-state index contributed by atoms with van der Waals surface area (Å²) in [4.78, 5) is 24.1. The van der Waals surface area contributed by atoms with E-state index in [2.05, 4.69) is 17.6 Å². The molecule has 120 valence electrons. The van der Waals surface area contributed by atoms with Crippen molar-refractivity contribution in [1.29, 1.82) is 0 Å². The van der Waals surface area contributed by atoms with E-state index in [1.54, 1.807) is 0 Å². The quantitative estimate of drug-likeness (QED) is 0.790. The molecule has 0 saturated carbocycles. The molecule has 2 amide bonds. The molecule has 0 bridgehead atoms. The van der Waals surface area contributed by atoms with Crippen molar-refractivity contribution in [1.82, 2.24) is 0 Å². The molecule has 2 N–H and O–H groups in total. The van der Waals surface area contributed by atoms with Gasteiger partial charge in [-0.1, -0.05) is 31.2 Å². The van der Waals surface area contributed by atoms with Crippen molar-refractivity contribution in [3.63, 3.8) is 0 Å². The Labute approximate surface area is 140 Å². The van der Waals surface area contributed by atoms with E-state index in [-0.39, 0.29) is 17.6 Å². The van der Waals surface area contributed by atoms with Crippen LogP contribution in [-0.2, 0) is 16.0 Å².